The Morgan fingerprint density at radius 2 is 2.32 bits per heavy atom. The molecule has 1 aromatic carbocycles. The lowest BCUT2D eigenvalue weighted by Crippen LogP contribution is -2.18. The summed E-state index contributed by atoms with van der Waals surface area (Å²) in [4.78, 5) is 12.3. The van der Waals surface area contributed by atoms with E-state index in [4.69, 9.17) is 17.3 Å². The highest BCUT2D eigenvalue weighted by atomic mass is 35.5. The summed E-state index contributed by atoms with van der Waals surface area (Å²) >= 11 is 7.42. The van der Waals surface area contributed by atoms with Crippen molar-refractivity contribution >= 4 is 23.4 Å². The molecule has 0 aliphatic rings. The van der Waals surface area contributed by atoms with Crippen molar-refractivity contribution in [3.8, 4) is 0 Å². The van der Waals surface area contributed by atoms with Gasteiger partial charge in [-0.3, -0.25) is 4.57 Å². The molecule has 5 nitrogen and oxygen atoms in total. The number of rotatable bonds is 4. The summed E-state index contributed by atoms with van der Waals surface area (Å²) in [5.74, 6) is 0. The first-order valence-electron chi connectivity index (χ1n) is 5.80. The van der Waals surface area contributed by atoms with Crippen molar-refractivity contribution < 1.29 is 0 Å². The second-order valence-corrected chi connectivity index (χ2v) is 5.85. The van der Waals surface area contributed by atoms with Gasteiger partial charge < -0.3 is 5.73 Å². The second-order valence-electron chi connectivity index (χ2n) is 4.41. The number of H-pyrrole nitrogens is 1. The molecule has 0 saturated heterocycles. The van der Waals surface area contributed by atoms with Crippen molar-refractivity contribution in [3.63, 3.8) is 0 Å². The van der Waals surface area contributed by atoms with E-state index in [1.165, 1.54) is 16.3 Å². The highest BCUT2D eigenvalue weighted by molar-refractivity contribution is 7.99. The predicted octanol–water partition coefficient (Wildman–Crippen LogP) is 1.80. The molecule has 7 heteroatoms. The maximum Gasteiger partial charge on any atom is 0.343 e. The number of nitrogens with one attached hydrogen (secondary N) is 1. The summed E-state index contributed by atoms with van der Waals surface area (Å²) in [5, 5.41) is 7.63. The molecule has 1 heterocycles. The fourth-order valence-electron chi connectivity index (χ4n) is 1.66. The fourth-order valence-corrected chi connectivity index (χ4v) is 2.87. The minimum atomic E-state index is -0.238. The number of hydrogen-bond donors (Lipinski definition) is 2. The number of hydrogen-bond acceptors (Lipinski definition) is 4. The number of halogens is 1. The van der Waals surface area contributed by atoms with E-state index in [0.29, 0.717) is 10.2 Å². The largest absolute Gasteiger partial charge is 0.343 e. The van der Waals surface area contributed by atoms with Crippen molar-refractivity contribution in [2.24, 2.45) is 12.8 Å². The smallest absolute Gasteiger partial charge is 0.328 e. The molecule has 1 unspecified atom stereocenters. The lowest BCUT2D eigenvalue weighted by molar-refractivity contribution is 0.728. The topological polar surface area (TPSA) is 76.7 Å². The second kappa shape index (κ2) is 5.81. The monoisotopic (exact) mass is 298 g/mol. The van der Waals surface area contributed by atoms with Crippen LogP contribution in [0.1, 0.15) is 12.5 Å². The van der Waals surface area contributed by atoms with Crippen LogP contribution in [-0.2, 0) is 13.5 Å². The Morgan fingerprint density at radius 3 is 2.89 bits per heavy atom. The molecule has 2 rings (SSSR count). The zero-order valence-corrected chi connectivity index (χ0v) is 12.3. The van der Waals surface area contributed by atoms with Crippen molar-refractivity contribution in [3.05, 3.63) is 39.3 Å². The molecule has 2 aromatic rings. The summed E-state index contributed by atoms with van der Waals surface area (Å²) in [6.07, 6.45) is 0.748. The molecular formula is C12H15ClN4OS. The summed E-state index contributed by atoms with van der Waals surface area (Å²) in [6, 6.07) is 5.72. The average Bonchev–Trinajstić information content (AvgIpc) is 2.64. The van der Waals surface area contributed by atoms with Gasteiger partial charge in [-0.25, -0.2) is 9.89 Å². The molecule has 0 aliphatic carbocycles. The Kier molecular flexibility index (Phi) is 4.34. The van der Waals surface area contributed by atoms with Crippen LogP contribution in [0.4, 0.5) is 0 Å². The van der Waals surface area contributed by atoms with E-state index in [2.05, 4.69) is 10.2 Å². The summed E-state index contributed by atoms with van der Waals surface area (Å²) in [5.41, 5.74) is 6.70. The fraction of sp³-hybridized carbons (Fsp3) is 0.333. The molecule has 19 heavy (non-hydrogen) atoms. The molecule has 3 N–H and O–H groups in total. The van der Waals surface area contributed by atoms with Crippen LogP contribution in [0.25, 0.3) is 0 Å². The molecule has 102 valence electrons. The Bertz CT molecular complexity index is 635. The Labute approximate surface area is 120 Å². The first-order valence-corrected chi connectivity index (χ1v) is 7.00. The summed E-state index contributed by atoms with van der Waals surface area (Å²) < 4.78 is 1.46. The van der Waals surface area contributed by atoms with Crippen LogP contribution in [-0.4, -0.2) is 20.8 Å². The van der Waals surface area contributed by atoms with Gasteiger partial charge in [0.1, 0.15) is 0 Å². The van der Waals surface area contributed by atoms with E-state index in [0.717, 1.165) is 16.9 Å². The van der Waals surface area contributed by atoms with Gasteiger partial charge >= 0.3 is 5.69 Å². The number of aromatic nitrogens is 3. The van der Waals surface area contributed by atoms with Crippen molar-refractivity contribution in [1.82, 2.24) is 14.8 Å². The van der Waals surface area contributed by atoms with Crippen molar-refractivity contribution in [2.75, 3.05) is 0 Å². The van der Waals surface area contributed by atoms with Crippen LogP contribution < -0.4 is 11.4 Å². The van der Waals surface area contributed by atoms with E-state index in [9.17, 15) is 4.79 Å². The molecule has 0 amide bonds. The Morgan fingerprint density at radius 1 is 1.58 bits per heavy atom. The first-order chi connectivity index (χ1) is 8.97. The quantitative estimate of drug-likeness (QED) is 0.902. The zero-order chi connectivity index (χ0) is 14.0. The average molecular weight is 299 g/mol. The molecular weight excluding hydrogens is 284 g/mol. The molecule has 0 bridgehead atoms. The number of aromatic amines is 1. The van der Waals surface area contributed by atoms with Gasteiger partial charge in [0, 0.05) is 23.0 Å². The van der Waals surface area contributed by atoms with E-state index in [1.807, 2.05) is 25.1 Å². The van der Waals surface area contributed by atoms with Gasteiger partial charge in [0.05, 0.1) is 0 Å². The third-order valence-corrected chi connectivity index (χ3v) is 3.99. The van der Waals surface area contributed by atoms with Crippen LogP contribution >= 0.6 is 23.4 Å². The third-order valence-electron chi connectivity index (χ3n) is 2.61. The Balaban J connectivity index is 2.35. The standard InChI is InChI=1S/C12H15ClN4OS/c1-7(14)5-8-3-4-9(13)6-10(8)19-12-16-15-11(18)17(12)2/h3-4,6-7H,5,14H2,1-2H3,(H,15,18). The highest BCUT2D eigenvalue weighted by Crippen LogP contribution is 2.31. The normalized spacial score (nSPS) is 12.6. The number of nitrogens with two attached hydrogens (primary N) is 1. The maximum absolute atomic E-state index is 11.3. The van der Waals surface area contributed by atoms with E-state index in [1.54, 1.807) is 7.05 Å². The van der Waals surface area contributed by atoms with Crippen molar-refractivity contribution in [2.45, 2.75) is 29.4 Å². The first kappa shape index (κ1) is 14.2. The van der Waals surface area contributed by atoms with Crippen LogP contribution in [0.3, 0.4) is 0 Å². The molecule has 0 saturated carbocycles. The van der Waals surface area contributed by atoms with E-state index >= 15 is 0 Å². The van der Waals surface area contributed by atoms with Gasteiger partial charge in [0.15, 0.2) is 5.16 Å². The van der Waals surface area contributed by atoms with Gasteiger partial charge in [0.2, 0.25) is 0 Å². The van der Waals surface area contributed by atoms with E-state index < -0.39 is 0 Å². The van der Waals surface area contributed by atoms with Gasteiger partial charge in [0.25, 0.3) is 0 Å². The van der Waals surface area contributed by atoms with Crippen LogP contribution in [0, 0.1) is 0 Å². The van der Waals surface area contributed by atoms with Crippen LogP contribution in [0.2, 0.25) is 5.02 Å². The SMILES string of the molecule is CC(N)Cc1ccc(Cl)cc1Sc1n[nH]c(=O)n1C. The third kappa shape index (κ3) is 3.40. The highest BCUT2D eigenvalue weighted by Gasteiger charge is 2.11. The molecule has 0 aliphatic heterocycles. The zero-order valence-electron chi connectivity index (χ0n) is 10.7. The van der Waals surface area contributed by atoms with Gasteiger partial charge in [-0.1, -0.05) is 17.7 Å². The number of benzene rings is 1. The molecule has 1 atom stereocenters. The summed E-state index contributed by atoms with van der Waals surface area (Å²) in [7, 11) is 1.67. The number of nitrogens with zero attached hydrogens (tertiary/aromatic N) is 2. The van der Waals surface area contributed by atoms with Crippen molar-refractivity contribution in [1.29, 1.82) is 0 Å². The van der Waals surface area contributed by atoms with Gasteiger partial charge in [-0.15, -0.1) is 5.10 Å². The van der Waals surface area contributed by atoms with Gasteiger partial charge in [-0.05, 0) is 42.8 Å². The van der Waals surface area contributed by atoms with Crippen LogP contribution in [0.5, 0.6) is 0 Å². The molecule has 0 radical (unpaired) electrons. The van der Waals surface area contributed by atoms with Crippen LogP contribution in [0.15, 0.2) is 33.0 Å². The minimum Gasteiger partial charge on any atom is -0.328 e. The molecule has 0 spiro atoms. The van der Waals surface area contributed by atoms with E-state index in [-0.39, 0.29) is 11.7 Å². The Hall–Kier alpha value is -1.24. The minimum absolute atomic E-state index is 0.0588. The summed E-state index contributed by atoms with van der Waals surface area (Å²) in [6.45, 7) is 1.95. The molecule has 0 fully saturated rings. The predicted molar refractivity (Wildman–Crippen MR) is 76.8 cm³/mol. The maximum atomic E-state index is 11.3. The molecule has 1 aromatic heterocycles. The lowest BCUT2D eigenvalue weighted by atomic mass is 10.1. The van der Waals surface area contributed by atoms with Gasteiger partial charge in [-0.2, -0.15) is 0 Å². The lowest BCUT2D eigenvalue weighted by Gasteiger charge is -2.11.